The molecule has 0 aliphatic carbocycles. The molecular formula is C27H26ClIN6O3S. The number of amides is 1. The van der Waals surface area contributed by atoms with Crippen molar-refractivity contribution in [1.29, 1.82) is 0 Å². The fourth-order valence-electron chi connectivity index (χ4n) is 3.62. The summed E-state index contributed by atoms with van der Waals surface area (Å²) in [5.74, 6) is 0.452. The second kappa shape index (κ2) is 13.2. The molecule has 1 aromatic heterocycles. The number of anilines is 1. The Bertz CT molecular complexity index is 1500. The van der Waals surface area contributed by atoms with E-state index in [9.17, 15) is 9.90 Å². The summed E-state index contributed by atoms with van der Waals surface area (Å²) in [5.41, 5.74) is 6.15. The van der Waals surface area contributed by atoms with Gasteiger partial charge in [-0.15, -0.1) is 10.2 Å². The second-order valence-electron chi connectivity index (χ2n) is 8.43. The number of hydrazone groups is 1. The van der Waals surface area contributed by atoms with E-state index in [1.165, 1.54) is 34.7 Å². The maximum absolute atomic E-state index is 12.8. The molecule has 9 nitrogen and oxygen atoms in total. The summed E-state index contributed by atoms with van der Waals surface area (Å²) in [6, 6.07) is 19.1. The summed E-state index contributed by atoms with van der Waals surface area (Å²) in [4.78, 5) is 12.8. The topological polar surface area (TPSA) is 114 Å². The lowest BCUT2D eigenvalue weighted by Crippen LogP contribution is -2.27. The molecule has 1 atom stereocenters. The van der Waals surface area contributed by atoms with Crippen molar-refractivity contribution < 1.29 is 14.6 Å². The molecule has 0 radical (unpaired) electrons. The summed E-state index contributed by atoms with van der Waals surface area (Å²) in [7, 11) is 1.42. The first kappa shape index (κ1) is 28.7. The van der Waals surface area contributed by atoms with E-state index in [1.54, 1.807) is 13.0 Å². The molecule has 1 amide bonds. The first-order chi connectivity index (χ1) is 18.8. The Morgan fingerprint density at radius 2 is 2.00 bits per heavy atom. The van der Waals surface area contributed by atoms with E-state index in [1.807, 2.05) is 41.0 Å². The summed E-state index contributed by atoms with van der Waals surface area (Å²) in [5, 5.41) is 26.3. The molecule has 3 N–H and O–H groups in total. The quantitative estimate of drug-likeness (QED) is 0.0844. The number of aromatic hydroxyl groups is 1. The van der Waals surface area contributed by atoms with Gasteiger partial charge in [-0.1, -0.05) is 41.6 Å². The summed E-state index contributed by atoms with van der Waals surface area (Å²) in [6.07, 6.45) is 1.42. The molecule has 0 aliphatic heterocycles. The number of rotatable bonds is 10. The van der Waals surface area contributed by atoms with Crippen LogP contribution >= 0.6 is 46.0 Å². The van der Waals surface area contributed by atoms with E-state index < -0.39 is 5.25 Å². The molecule has 4 aromatic rings. The van der Waals surface area contributed by atoms with Crippen molar-refractivity contribution >= 4 is 63.8 Å². The van der Waals surface area contributed by atoms with Gasteiger partial charge in [0.15, 0.2) is 22.5 Å². The molecule has 0 aliphatic rings. The number of phenols is 1. The van der Waals surface area contributed by atoms with Gasteiger partial charge in [-0.2, -0.15) is 5.10 Å². The number of methoxy groups -OCH3 is 1. The average molecular weight is 677 g/mol. The Morgan fingerprint density at radius 3 is 2.72 bits per heavy atom. The van der Waals surface area contributed by atoms with E-state index in [0.29, 0.717) is 23.1 Å². The number of carbonyl (C=O) groups excluding carboxylic acids is 1. The minimum atomic E-state index is -0.522. The predicted octanol–water partition coefficient (Wildman–Crippen LogP) is 5.79. The van der Waals surface area contributed by atoms with Crippen LogP contribution in [0.2, 0.25) is 5.02 Å². The molecule has 12 heteroatoms. The maximum Gasteiger partial charge on any atom is 0.253 e. The van der Waals surface area contributed by atoms with Gasteiger partial charge in [-0.05, 0) is 90.0 Å². The van der Waals surface area contributed by atoms with Crippen LogP contribution in [0.4, 0.5) is 5.69 Å². The molecule has 0 fully saturated rings. The molecule has 0 saturated carbocycles. The lowest BCUT2D eigenvalue weighted by molar-refractivity contribution is -0.120. The number of hydrogen-bond acceptors (Lipinski definition) is 8. The zero-order chi connectivity index (χ0) is 27.9. The van der Waals surface area contributed by atoms with E-state index in [-0.39, 0.29) is 22.4 Å². The van der Waals surface area contributed by atoms with Gasteiger partial charge in [0.25, 0.3) is 5.91 Å². The monoisotopic (exact) mass is 676 g/mol. The van der Waals surface area contributed by atoms with E-state index in [0.717, 1.165) is 16.9 Å². The van der Waals surface area contributed by atoms with Crippen LogP contribution in [0, 0.1) is 10.5 Å². The molecule has 0 spiro atoms. The van der Waals surface area contributed by atoms with Crippen LogP contribution in [0.5, 0.6) is 11.5 Å². The number of benzene rings is 3. The van der Waals surface area contributed by atoms with E-state index >= 15 is 0 Å². The average Bonchev–Trinajstić information content (AvgIpc) is 3.32. The molecule has 3 aromatic carbocycles. The van der Waals surface area contributed by atoms with Crippen molar-refractivity contribution in [3.8, 4) is 17.2 Å². The van der Waals surface area contributed by atoms with Crippen molar-refractivity contribution in [2.75, 3.05) is 12.4 Å². The highest BCUT2D eigenvalue weighted by molar-refractivity contribution is 14.1. The number of halogens is 2. The third kappa shape index (κ3) is 7.22. The Morgan fingerprint density at radius 1 is 1.23 bits per heavy atom. The standard InChI is InChI=1S/C27H26ClIN6O3S/c1-16-11-19(29)9-10-22(16)30-15-24-32-34-27(35(24)20-7-5-4-6-8-20)39-17(2)26(37)33-31-14-18-12-21(28)25(36)23(13-18)38-3/h4-14,17,30,36H,15H2,1-3H3,(H,33,37)/b31-14-/t17-/m0/s1. The van der Waals surface area contributed by atoms with Crippen molar-refractivity contribution in [3.05, 3.63) is 86.2 Å². The molecule has 0 saturated heterocycles. The Kier molecular flexibility index (Phi) is 9.70. The van der Waals surface area contributed by atoms with Gasteiger partial charge >= 0.3 is 0 Å². The van der Waals surface area contributed by atoms with Crippen LogP contribution in [-0.2, 0) is 11.3 Å². The number of thioether (sulfide) groups is 1. The van der Waals surface area contributed by atoms with Crippen LogP contribution in [0.25, 0.3) is 5.69 Å². The summed E-state index contributed by atoms with van der Waals surface area (Å²) in [6.45, 7) is 4.28. The van der Waals surface area contributed by atoms with Gasteiger partial charge in [0.2, 0.25) is 0 Å². The highest BCUT2D eigenvalue weighted by Crippen LogP contribution is 2.34. The van der Waals surface area contributed by atoms with Crippen molar-refractivity contribution in [2.24, 2.45) is 5.10 Å². The van der Waals surface area contributed by atoms with Gasteiger partial charge in [-0.25, -0.2) is 5.43 Å². The number of ether oxygens (including phenoxy) is 1. The lowest BCUT2D eigenvalue weighted by Gasteiger charge is -2.14. The number of carbonyl (C=O) groups is 1. The van der Waals surface area contributed by atoms with Crippen LogP contribution in [0.15, 0.2) is 70.9 Å². The van der Waals surface area contributed by atoms with Gasteiger partial charge in [0.05, 0.1) is 30.1 Å². The number of para-hydroxylation sites is 1. The summed E-state index contributed by atoms with van der Waals surface area (Å²) >= 11 is 9.59. The first-order valence-corrected chi connectivity index (χ1v) is 14.2. The maximum atomic E-state index is 12.8. The molecule has 1 heterocycles. The van der Waals surface area contributed by atoms with Crippen molar-refractivity contribution in [3.63, 3.8) is 0 Å². The SMILES string of the molecule is COc1cc(/C=N\NC(=O)[C@H](C)Sc2nnc(CNc3ccc(I)cc3C)n2-c2ccccc2)cc(Cl)c1O. The fourth-order valence-corrected chi connectivity index (χ4v) is 5.37. The van der Waals surface area contributed by atoms with Crippen LogP contribution in [0.3, 0.4) is 0 Å². The Hall–Kier alpha value is -3.29. The van der Waals surface area contributed by atoms with Crippen molar-refractivity contribution in [1.82, 2.24) is 20.2 Å². The zero-order valence-corrected chi connectivity index (χ0v) is 25.1. The molecule has 4 rings (SSSR count). The number of phenolic OH excluding ortho intramolecular Hbond substituents is 1. The van der Waals surface area contributed by atoms with Crippen molar-refractivity contribution in [2.45, 2.75) is 30.8 Å². The fraction of sp³-hybridized carbons (Fsp3) is 0.185. The lowest BCUT2D eigenvalue weighted by atomic mass is 10.2. The first-order valence-electron chi connectivity index (χ1n) is 11.8. The minimum absolute atomic E-state index is 0.119. The Balaban J connectivity index is 1.48. The second-order valence-corrected chi connectivity index (χ2v) is 11.4. The highest BCUT2D eigenvalue weighted by Gasteiger charge is 2.21. The number of aryl methyl sites for hydroxylation is 1. The number of aromatic nitrogens is 3. The Labute approximate surface area is 249 Å². The normalized spacial score (nSPS) is 11.9. The summed E-state index contributed by atoms with van der Waals surface area (Å²) < 4.78 is 8.21. The third-order valence-corrected chi connectivity index (χ3v) is 7.65. The predicted molar refractivity (Wildman–Crippen MR) is 163 cm³/mol. The molecule has 0 bridgehead atoms. The van der Waals surface area contributed by atoms with Gasteiger partial charge in [0, 0.05) is 14.9 Å². The third-order valence-electron chi connectivity index (χ3n) is 5.65. The zero-order valence-electron chi connectivity index (χ0n) is 21.4. The van der Waals surface area contributed by atoms with E-state index in [4.69, 9.17) is 16.3 Å². The molecular weight excluding hydrogens is 651 g/mol. The van der Waals surface area contributed by atoms with Crippen LogP contribution in [0.1, 0.15) is 23.9 Å². The van der Waals surface area contributed by atoms with Crippen LogP contribution in [-0.4, -0.2) is 44.4 Å². The number of nitrogens with zero attached hydrogens (tertiary/aromatic N) is 4. The molecule has 0 unspecified atom stereocenters. The number of hydrogen-bond donors (Lipinski definition) is 3. The highest BCUT2D eigenvalue weighted by atomic mass is 127. The largest absolute Gasteiger partial charge is 0.503 e. The molecule has 202 valence electrons. The molecule has 39 heavy (non-hydrogen) atoms. The van der Waals surface area contributed by atoms with Gasteiger partial charge in [0.1, 0.15) is 0 Å². The van der Waals surface area contributed by atoms with Gasteiger partial charge < -0.3 is 15.2 Å². The number of nitrogens with one attached hydrogen (secondary N) is 2. The minimum Gasteiger partial charge on any atom is -0.503 e. The van der Waals surface area contributed by atoms with Gasteiger partial charge in [-0.3, -0.25) is 9.36 Å². The van der Waals surface area contributed by atoms with E-state index in [2.05, 4.69) is 67.7 Å². The smallest absolute Gasteiger partial charge is 0.253 e. The van der Waals surface area contributed by atoms with Crippen LogP contribution < -0.4 is 15.5 Å².